The largest absolute Gasteiger partial charge is 0.263 e. The van der Waals surface area contributed by atoms with Crippen LogP contribution in [0.5, 0.6) is 0 Å². The molecule has 0 bridgehead atoms. The van der Waals surface area contributed by atoms with Crippen molar-refractivity contribution in [2.24, 2.45) is 0 Å². The lowest BCUT2D eigenvalue weighted by molar-refractivity contribution is 1.32. The molecule has 0 saturated carbocycles. The molecule has 2 rings (SSSR count). The number of nitrogens with zero attached hydrogens (tertiary/aromatic N) is 1. The maximum atomic E-state index is 4.03. The van der Waals surface area contributed by atoms with E-state index in [1.807, 2.05) is 18.3 Å². The summed E-state index contributed by atoms with van der Waals surface area (Å²) in [6, 6.07) is 11.0. The summed E-state index contributed by atoms with van der Waals surface area (Å²) < 4.78 is 2.09. The molecule has 0 saturated heterocycles. The molecule has 69 valence electrons. The lowest BCUT2D eigenvalue weighted by atomic mass is 10.1. The van der Waals surface area contributed by atoms with Gasteiger partial charge >= 0.3 is 0 Å². The normalized spacial score (nSPS) is 10.1. The number of halogens is 2. The van der Waals surface area contributed by atoms with Crippen LogP contribution in [0.25, 0.3) is 11.1 Å². The van der Waals surface area contributed by atoms with Gasteiger partial charge in [-0.25, -0.2) is 0 Å². The van der Waals surface area contributed by atoms with E-state index < -0.39 is 0 Å². The lowest BCUT2D eigenvalue weighted by Crippen LogP contribution is -1.79. The van der Waals surface area contributed by atoms with Crippen LogP contribution in [0.3, 0.4) is 0 Å². The average molecular weight is 312 g/mol. The summed E-state index contributed by atoms with van der Waals surface area (Å²) in [6.07, 6.45) is 3.47. The fraction of sp³-hybridized carbons (Fsp3) is 0. The summed E-state index contributed by atoms with van der Waals surface area (Å²) in [5, 5.41) is 0. The zero-order valence-electron chi connectivity index (χ0n) is 7.17. The third-order valence-corrected chi connectivity index (χ3v) is 2.71. The number of benzene rings is 1. The maximum absolute atomic E-state index is 4.03. The van der Waals surface area contributed by atoms with Crippen molar-refractivity contribution < 1.29 is 0 Å². The molecule has 1 radical (unpaired) electrons. The van der Waals surface area contributed by atoms with E-state index in [2.05, 4.69) is 55.0 Å². The van der Waals surface area contributed by atoms with E-state index in [4.69, 9.17) is 0 Å². The molecule has 0 amide bonds. The molecule has 1 aromatic carbocycles. The predicted octanol–water partition coefficient (Wildman–Crippen LogP) is 4.07. The third kappa shape index (κ3) is 2.22. The van der Waals surface area contributed by atoms with Crippen molar-refractivity contribution in [1.29, 1.82) is 0 Å². The smallest absolute Gasteiger partial charge is 0.0347 e. The van der Waals surface area contributed by atoms with E-state index in [-0.39, 0.29) is 0 Å². The van der Waals surface area contributed by atoms with E-state index in [9.17, 15) is 0 Å². The van der Waals surface area contributed by atoms with E-state index >= 15 is 0 Å². The van der Waals surface area contributed by atoms with Crippen molar-refractivity contribution in [3.8, 4) is 11.1 Å². The standard InChI is InChI=1S/C11H6Br2N/c12-10-4-9(5-11(13)6-10)8-2-1-3-14-7-8/h2-7H. The molecule has 1 aromatic heterocycles. The van der Waals surface area contributed by atoms with Crippen LogP contribution in [0.1, 0.15) is 0 Å². The Morgan fingerprint density at radius 2 is 1.71 bits per heavy atom. The van der Waals surface area contributed by atoms with Gasteiger partial charge in [-0.1, -0.05) is 31.9 Å². The highest BCUT2D eigenvalue weighted by atomic mass is 79.9. The molecule has 0 fully saturated rings. The molecule has 0 unspecified atom stereocenters. The van der Waals surface area contributed by atoms with E-state index in [0.29, 0.717) is 0 Å². The van der Waals surface area contributed by atoms with Gasteiger partial charge in [0.15, 0.2) is 0 Å². The van der Waals surface area contributed by atoms with Gasteiger partial charge in [0.1, 0.15) is 0 Å². The molecule has 0 N–H and O–H groups in total. The second-order valence-corrected chi connectivity index (χ2v) is 4.66. The second-order valence-electron chi connectivity index (χ2n) is 2.83. The molecule has 1 nitrogen and oxygen atoms in total. The van der Waals surface area contributed by atoms with Gasteiger partial charge in [0.25, 0.3) is 0 Å². The Balaban J connectivity index is 2.52. The fourth-order valence-corrected chi connectivity index (χ4v) is 2.50. The van der Waals surface area contributed by atoms with Crippen LogP contribution < -0.4 is 0 Å². The lowest BCUT2D eigenvalue weighted by Gasteiger charge is -2.02. The minimum absolute atomic E-state index is 1.05. The quantitative estimate of drug-likeness (QED) is 0.773. The Hall–Kier alpha value is -0.670. The molecule has 3 heteroatoms. The summed E-state index contributed by atoms with van der Waals surface area (Å²) >= 11 is 6.90. The summed E-state index contributed by atoms with van der Waals surface area (Å²) in [5.74, 6) is 0. The second kappa shape index (κ2) is 4.24. The Labute approximate surface area is 99.4 Å². The molecule has 0 aliphatic rings. The molecule has 0 aliphatic carbocycles. The minimum Gasteiger partial charge on any atom is -0.263 e. The van der Waals surface area contributed by atoms with Crippen LogP contribution >= 0.6 is 31.9 Å². The van der Waals surface area contributed by atoms with E-state index in [1.165, 1.54) is 0 Å². The SMILES string of the molecule is Brc1cc(Br)cc(-c2c[c]cnc2)c1. The van der Waals surface area contributed by atoms with Crippen LogP contribution in [0, 0.1) is 6.07 Å². The van der Waals surface area contributed by atoms with Crippen molar-refractivity contribution in [2.75, 3.05) is 0 Å². The molecule has 1 heterocycles. The first-order valence-electron chi connectivity index (χ1n) is 4.03. The minimum atomic E-state index is 1.05. The molecule has 0 aliphatic heterocycles. The van der Waals surface area contributed by atoms with Crippen molar-refractivity contribution in [3.63, 3.8) is 0 Å². The van der Waals surface area contributed by atoms with Crippen LogP contribution in [-0.4, -0.2) is 4.98 Å². The Morgan fingerprint density at radius 1 is 1.00 bits per heavy atom. The van der Waals surface area contributed by atoms with Crippen molar-refractivity contribution >= 4 is 31.9 Å². The molecule has 0 atom stereocenters. The third-order valence-electron chi connectivity index (χ3n) is 1.80. The maximum Gasteiger partial charge on any atom is 0.0347 e. The number of hydrogen-bond donors (Lipinski definition) is 0. The summed E-state index contributed by atoms with van der Waals surface area (Å²) in [5.41, 5.74) is 2.19. The van der Waals surface area contributed by atoms with Crippen LogP contribution in [0.2, 0.25) is 0 Å². The van der Waals surface area contributed by atoms with Gasteiger partial charge < -0.3 is 0 Å². The molecule has 0 spiro atoms. The van der Waals surface area contributed by atoms with Crippen LogP contribution in [0.4, 0.5) is 0 Å². The van der Waals surface area contributed by atoms with Crippen molar-refractivity contribution in [2.45, 2.75) is 0 Å². The van der Waals surface area contributed by atoms with Gasteiger partial charge in [0.05, 0.1) is 0 Å². The number of pyridine rings is 1. The molecule has 14 heavy (non-hydrogen) atoms. The van der Waals surface area contributed by atoms with Gasteiger partial charge in [0, 0.05) is 33.0 Å². The highest BCUT2D eigenvalue weighted by Gasteiger charge is 2.00. The Kier molecular flexibility index (Phi) is 2.99. The van der Waals surface area contributed by atoms with Crippen molar-refractivity contribution in [3.05, 3.63) is 51.7 Å². The molecular weight excluding hydrogens is 306 g/mol. The van der Waals surface area contributed by atoms with Gasteiger partial charge in [-0.3, -0.25) is 4.98 Å². The zero-order valence-corrected chi connectivity index (χ0v) is 10.3. The predicted molar refractivity (Wildman–Crippen MR) is 63.9 cm³/mol. The Morgan fingerprint density at radius 3 is 2.29 bits per heavy atom. The summed E-state index contributed by atoms with van der Waals surface area (Å²) in [4.78, 5) is 4.03. The zero-order chi connectivity index (χ0) is 9.97. The molecular formula is C11H6Br2N. The van der Waals surface area contributed by atoms with Crippen LogP contribution in [0.15, 0.2) is 45.6 Å². The first-order valence-corrected chi connectivity index (χ1v) is 5.62. The number of aromatic nitrogens is 1. The first kappa shape index (κ1) is 9.87. The van der Waals surface area contributed by atoms with E-state index in [0.717, 1.165) is 20.1 Å². The van der Waals surface area contributed by atoms with Crippen LogP contribution in [-0.2, 0) is 0 Å². The number of rotatable bonds is 1. The number of hydrogen-bond acceptors (Lipinski definition) is 1. The molecule has 2 aromatic rings. The van der Waals surface area contributed by atoms with E-state index in [1.54, 1.807) is 6.20 Å². The fourth-order valence-electron chi connectivity index (χ4n) is 1.20. The first-order chi connectivity index (χ1) is 6.75. The average Bonchev–Trinajstić information content (AvgIpc) is 2.18. The summed E-state index contributed by atoms with van der Waals surface area (Å²) in [6.45, 7) is 0. The highest BCUT2D eigenvalue weighted by Crippen LogP contribution is 2.26. The van der Waals surface area contributed by atoms with Gasteiger partial charge in [-0.2, -0.15) is 0 Å². The van der Waals surface area contributed by atoms with Gasteiger partial charge in [0.2, 0.25) is 0 Å². The topological polar surface area (TPSA) is 12.9 Å². The monoisotopic (exact) mass is 310 g/mol. The highest BCUT2D eigenvalue weighted by molar-refractivity contribution is 9.11. The van der Waals surface area contributed by atoms with Crippen molar-refractivity contribution in [1.82, 2.24) is 4.98 Å². The van der Waals surface area contributed by atoms with Gasteiger partial charge in [-0.05, 0) is 29.8 Å². The Bertz CT molecular complexity index is 420. The van der Waals surface area contributed by atoms with Gasteiger partial charge in [-0.15, -0.1) is 0 Å². The summed E-state index contributed by atoms with van der Waals surface area (Å²) in [7, 11) is 0.